The lowest BCUT2D eigenvalue weighted by atomic mass is 10.0. The molecular weight excluding hydrogens is 231 g/mol. The highest BCUT2D eigenvalue weighted by molar-refractivity contribution is 7.66. The molecule has 3 heteroatoms. The van der Waals surface area contributed by atoms with Gasteiger partial charge in [-0.1, -0.05) is 42.5 Å². The van der Waals surface area contributed by atoms with E-state index in [4.69, 9.17) is 4.52 Å². The third-order valence-electron chi connectivity index (χ3n) is 3.25. The molecule has 2 nitrogen and oxygen atoms in total. The van der Waals surface area contributed by atoms with E-state index in [1.165, 1.54) is 12.7 Å². The van der Waals surface area contributed by atoms with Crippen molar-refractivity contribution in [1.82, 2.24) is 0 Å². The summed E-state index contributed by atoms with van der Waals surface area (Å²) in [5, 5.41) is 0.848. The third kappa shape index (κ3) is 1.56. The standard InChI is InChI=1S/C14H13O2P/c1-16-17(15)10-11-6-2-3-7-12(11)13-8-4-5-9-14(13)17/h2-9H,10H2,1H3. The van der Waals surface area contributed by atoms with Gasteiger partial charge in [0.15, 0.2) is 0 Å². The maximum Gasteiger partial charge on any atom is 0.236 e. The predicted molar refractivity (Wildman–Crippen MR) is 69.8 cm³/mol. The molecule has 86 valence electrons. The first-order chi connectivity index (χ1) is 8.24. The van der Waals surface area contributed by atoms with Crippen LogP contribution in [0.3, 0.4) is 0 Å². The zero-order chi connectivity index (χ0) is 11.9. The molecule has 0 fully saturated rings. The zero-order valence-electron chi connectivity index (χ0n) is 9.59. The van der Waals surface area contributed by atoms with Gasteiger partial charge in [0.1, 0.15) is 0 Å². The summed E-state index contributed by atoms with van der Waals surface area (Å²) in [5.41, 5.74) is 3.32. The summed E-state index contributed by atoms with van der Waals surface area (Å²) in [6, 6.07) is 15.9. The summed E-state index contributed by atoms with van der Waals surface area (Å²) in [4.78, 5) is 0. The van der Waals surface area contributed by atoms with Crippen molar-refractivity contribution in [2.75, 3.05) is 7.11 Å². The van der Waals surface area contributed by atoms with Crippen molar-refractivity contribution in [3.05, 3.63) is 54.1 Å². The lowest BCUT2D eigenvalue weighted by Crippen LogP contribution is -2.16. The number of rotatable bonds is 1. The smallest absolute Gasteiger partial charge is 0.236 e. The molecule has 3 rings (SSSR count). The summed E-state index contributed by atoms with van der Waals surface area (Å²) in [6.45, 7) is 0. The largest absolute Gasteiger partial charge is 0.328 e. The Morgan fingerprint density at radius 1 is 1.00 bits per heavy atom. The van der Waals surface area contributed by atoms with Crippen LogP contribution < -0.4 is 5.30 Å². The zero-order valence-corrected chi connectivity index (χ0v) is 10.5. The Morgan fingerprint density at radius 2 is 1.65 bits per heavy atom. The SMILES string of the molecule is COP1(=O)Cc2ccccc2-c2ccccc21. The van der Waals surface area contributed by atoms with Gasteiger partial charge in [-0.05, 0) is 22.8 Å². The highest BCUT2D eigenvalue weighted by Crippen LogP contribution is 2.54. The molecule has 1 heterocycles. The normalized spacial score (nSPS) is 21.7. The Kier molecular flexibility index (Phi) is 2.43. The Hall–Kier alpha value is -1.37. The monoisotopic (exact) mass is 244 g/mol. The second-order valence-corrected chi connectivity index (χ2v) is 6.70. The van der Waals surface area contributed by atoms with E-state index in [2.05, 4.69) is 6.07 Å². The maximum atomic E-state index is 12.8. The molecule has 2 aromatic carbocycles. The van der Waals surface area contributed by atoms with Gasteiger partial charge in [0.25, 0.3) is 0 Å². The second kappa shape index (κ2) is 3.83. The summed E-state index contributed by atoms with van der Waals surface area (Å²) >= 11 is 0. The fraction of sp³-hybridized carbons (Fsp3) is 0.143. The van der Waals surface area contributed by atoms with Crippen LogP contribution in [0.5, 0.6) is 0 Å². The Balaban J connectivity index is 2.34. The molecule has 0 bridgehead atoms. The number of fused-ring (bicyclic) bond motifs is 3. The van der Waals surface area contributed by atoms with Crippen molar-refractivity contribution >= 4 is 12.7 Å². The lowest BCUT2D eigenvalue weighted by molar-refractivity contribution is 0.402. The van der Waals surface area contributed by atoms with Crippen LogP contribution in [0.4, 0.5) is 0 Å². The van der Waals surface area contributed by atoms with E-state index in [1.807, 2.05) is 42.5 Å². The fourth-order valence-corrected chi connectivity index (χ4v) is 4.49. The third-order valence-corrected chi connectivity index (χ3v) is 5.72. The molecule has 0 aliphatic carbocycles. The minimum absolute atomic E-state index is 0.497. The molecule has 0 amide bonds. The Bertz CT molecular complexity index is 619. The minimum atomic E-state index is -2.72. The van der Waals surface area contributed by atoms with Gasteiger partial charge in [-0.15, -0.1) is 0 Å². The van der Waals surface area contributed by atoms with Crippen molar-refractivity contribution in [3.8, 4) is 11.1 Å². The highest BCUT2D eigenvalue weighted by Gasteiger charge is 2.33. The Labute approximate surface area is 101 Å². The van der Waals surface area contributed by atoms with E-state index in [1.54, 1.807) is 0 Å². The predicted octanol–water partition coefficient (Wildman–Crippen LogP) is 3.42. The quantitative estimate of drug-likeness (QED) is 0.718. The topological polar surface area (TPSA) is 26.3 Å². The van der Waals surface area contributed by atoms with Crippen molar-refractivity contribution in [1.29, 1.82) is 0 Å². The minimum Gasteiger partial charge on any atom is -0.328 e. The first-order valence-electron chi connectivity index (χ1n) is 5.57. The molecule has 0 saturated heterocycles. The maximum absolute atomic E-state index is 12.8. The fourth-order valence-electron chi connectivity index (χ4n) is 2.39. The second-order valence-electron chi connectivity index (χ2n) is 4.19. The summed E-state index contributed by atoms with van der Waals surface area (Å²) in [6.07, 6.45) is 0.497. The van der Waals surface area contributed by atoms with E-state index in [0.717, 1.165) is 16.4 Å². The van der Waals surface area contributed by atoms with Crippen molar-refractivity contribution < 1.29 is 9.09 Å². The van der Waals surface area contributed by atoms with Crippen LogP contribution in [0.25, 0.3) is 11.1 Å². The molecule has 1 aliphatic heterocycles. The highest BCUT2D eigenvalue weighted by atomic mass is 31.2. The molecule has 0 N–H and O–H groups in total. The first-order valence-corrected chi connectivity index (χ1v) is 7.38. The molecule has 0 aromatic heterocycles. The van der Waals surface area contributed by atoms with Crippen molar-refractivity contribution in [2.45, 2.75) is 6.16 Å². The molecule has 1 atom stereocenters. The average Bonchev–Trinajstić information content (AvgIpc) is 2.39. The molecule has 0 saturated carbocycles. The van der Waals surface area contributed by atoms with Crippen molar-refractivity contribution in [2.24, 2.45) is 0 Å². The number of hydrogen-bond donors (Lipinski definition) is 0. The molecule has 0 radical (unpaired) electrons. The van der Waals surface area contributed by atoms with Gasteiger partial charge < -0.3 is 4.52 Å². The summed E-state index contributed by atoms with van der Waals surface area (Å²) in [7, 11) is -1.18. The average molecular weight is 244 g/mol. The number of hydrogen-bond acceptors (Lipinski definition) is 2. The van der Waals surface area contributed by atoms with Crippen LogP contribution in [0.15, 0.2) is 48.5 Å². The van der Waals surface area contributed by atoms with Crippen LogP contribution in [-0.2, 0) is 15.3 Å². The van der Waals surface area contributed by atoms with Crippen LogP contribution in [-0.4, -0.2) is 7.11 Å². The molecule has 0 spiro atoms. The van der Waals surface area contributed by atoms with Gasteiger partial charge >= 0.3 is 0 Å². The van der Waals surface area contributed by atoms with E-state index in [0.29, 0.717) is 6.16 Å². The van der Waals surface area contributed by atoms with E-state index in [9.17, 15) is 4.57 Å². The molecular formula is C14H13O2P. The first kappa shape index (κ1) is 10.8. The molecule has 1 aliphatic rings. The van der Waals surface area contributed by atoms with Gasteiger partial charge in [0, 0.05) is 12.4 Å². The van der Waals surface area contributed by atoms with E-state index in [-0.39, 0.29) is 0 Å². The summed E-state index contributed by atoms with van der Waals surface area (Å²) in [5.74, 6) is 0. The lowest BCUT2D eigenvalue weighted by Gasteiger charge is -2.26. The molecule has 1 unspecified atom stereocenters. The molecule has 2 aromatic rings. The van der Waals surface area contributed by atoms with Gasteiger partial charge in [-0.2, -0.15) is 0 Å². The van der Waals surface area contributed by atoms with Crippen molar-refractivity contribution in [3.63, 3.8) is 0 Å². The van der Waals surface area contributed by atoms with Crippen LogP contribution in [0.1, 0.15) is 5.56 Å². The van der Waals surface area contributed by atoms with Gasteiger partial charge in [0.2, 0.25) is 7.37 Å². The van der Waals surface area contributed by atoms with Crippen LogP contribution in [0, 0.1) is 0 Å². The van der Waals surface area contributed by atoms with Gasteiger partial charge in [-0.3, -0.25) is 4.57 Å². The molecule has 17 heavy (non-hydrogen) atoms. The summed E-state index contributed by atoms with van der Waals surface area (Å²) < 4.78 is 18.1. The van der Waals surface area contributed by atoms with E-state index < -0.39 is 7.37 Å². The van der Waals surface area contributed by atoms with E-state index >= 15 is 0 Å². The number of benzene rings is 2. The Morgan fingerprint density at radius 3 is 2.41 bits per heavy atom. The van der Waals surface area contributed by atoms with Gasteiger partial charge in [0.05, 0.1) is 6.16 Å². The van der Waals surface area contributed by atoms with Crippen LogP contribution in [0.2, 0.25) is 0 Å². The van der Waals surface area contributed by atoms with Gasteiger partial charge in [-0.25, -0.2) is 0 Å². The van der Waals surface area contributed by atoms with Crippen LogP contribution >= 0.6 is 7.37 Å².